The number of hydrogen-bond donors (Lipinski definition) is 1. The van der Waals surface area contributed by atoms with Crippen molar-refractivity contribution in [2.75, 3.05) is 19.6 Å². The monoisotopic (exact) mass is 260 g/mol. The van der Waals surface area contributed by atoms with Crippen LogP contribution >= 0.6 is 0 Å². The second-order valence-electron chi connectivity index (χ2n) is 5.38. The van der Waals surface area contributed by atoms with Crippen LogP contribution in [0.1, 0.15) is 18.4 Å². The third kappa shape index (κ3) is 3.26. The van der Waals surface area contributed by atoms with Gasteiger partial charge in [0.25, 0.3) is 0 Å². The number of carbonyl (C=O) groups is 1. The number of rotatable bonds is 3. The quantitative estimate of drug-likeness (QED) is 0.904. The van der Waals surface area contributed by atoms with Crippen LogP contribution in [0.2, 0.25) is 0 Å². The Bertz CT molecular complexity index is 431. The van der Waals surface area contributed by atoms with Gasteiger partial charge < -0.3 is 15.0 Å². The summed E-state index contributed by atoms with van der Waals surface area (Å²) in [4.78, 5) is 13.9. The van der Waals surface area contributed by atoms with Gasteiger partial charge in [0.2, 0.25) is 0 Å². The Labute approximate surface area is 113 Å². The minimum absolute atomic E-state index is 0.184. The molecule has 0 radical (unpaired) electrons. The molecule has 1 unspecified atom stereocenters. The number of carbonyl (C=O) groups excluding carboxylic acids is 1. The van der Waals surface area contributed by atoms with Crippen LogP contribution in [0, 0.1) is 5.92 Å². The first-order valence-corrected chi connectivity index (χ1v) is 7.02. The topological polar surface area (TPSA) is 41.6 Å². The Hall–Kier alpha value is -1.55. The molecule has 1 aromatic carbocycles. The van der Waals surface area contributed by atoms with Crippen LogP contribution in [0.15, 0.2) is 30.3 Å². The molecule has 4 nitrogen and oxygen atoms in total. The van der Waals surface area contributed by atoms with E-state index in [0.29, 0.717) is 12.6 Å². The maximum Gasteiger partial charge on any atom is 0.410 e. The van der Waals surface area contributed by atoms with E-state index in [1.54, 1.807) is 0 Å². The molecule has 102 valence electrons. The number of piperazine rings is 1. The Morgan fingerprint density at radius 2 is 2.11 bits per heavy atom. The van der Waals surface area contributed by atoms with Crippen LogP contribution in [-0.4, -0.2) is 36.7 Å². The zero-order valence-electron chi connectivity index (χ0n) is 11.0. The molecular weight excluding hydrogens is 240 g/mol. The first kappa shape index (κ1) is 12.5. The van der Waals surface area contributed by atoms with Crippen LogP contribution in [0.3, 0.4) is 0 Å². The smallest absolute Gasteiger partial charge is 0.410 e. The molecular formula is C15H20N2O2. The van der Waals surface area contributed by atoms with Gasteiger partial charge in [0.05, 0.1) is 0 Å². The van der Waals surface area contributed by atoms with Crippen molar-refractivity contribution in [3.8, 4) is 0 Å². The highest BCUT2D eigenvalue weighted by Crippen LogP contribution is 2.33. The van der Waals surface area contributed by atoms with Crippen molar-refractivity contribution in [2.45, 2.75) is 25.5 Å². The fourth-order valence-corrected chi connectivity index (χ4v) is 2.57. The van der Waals surface area contributed by atoms with Gasteiger partial charge in [-0.3, -0.25) is 0 Å². The first-order chi connectivity index (χ1) is 9.33. The molecule has 1 heterocycles. The summed E-state index contributed by atoms with van der Waals surface area (Å²) in [5.41, 5.74) is 1.03. The molecule has 1 aromatic rings. The van der Waals surface area contributed by atoms with Crippen LogP contribution < -0.4 is 5.32 Å². The highest BCUT2D eigenvalue weighted by atomic mass is 16.6. The van der Waals surface area contributed by atoms with Crippen LogP contribution in [0.4, 0.5) is 4.79 Å². The van der Waals surface area contributed by atoms with Gasteiger partial charge in [-0.1, -0.05) is 30.3 Å². The molecule has 2 aliphatic rings. The van der Waals surface area contributed by atoms with Crippen molar-refractivity contribution >= 4 is 6.09 Å². The summed E-state index contributed by atoms with van der Waals surface area (Å²) in [6.07, 6.45) is 2.41. The summed E-state index contributed by atoms with van der Waals surface area (Å²) in [5.74, 6) is 0.768. The van der Waals surface area contributed by atoms with Crippen molar-refractivity contribution in [3.63, 3.8) is 0 Å². The zero-order chi connectivity index (χ0) is 13.1. The number of amides is 1. The molecule has 1 saturated heterocycles. The van der Waals surface area contributed by atoms with E-state index in [9.17, 15) is 4.79 Å². The number of nitrogens with one attached hydrogen (secondary N) is 1. The van der Waals surface area contributed by atoms with Crippen molar-refractivity contribution in [1.82, 2.24) is 10.2 Å². The van der Waals surface area contributed by atoms with Gasteiger partial charge in [-0.05, 0) is 24.3 Å². The van der Waals surface area contributed by atoms with Gasteiger partial charge in [0.1, 0.15) is 6.61 Å². The predicted octanol–water partition coefficient (Wildman–Crippen LogP) is 2.01. The van der Waals surface area contributed by atoms with E-state index in [4.69, 9.17) is 4.74 Å². The maximum atomic E-state index is 12.0. The highest BCUT2D eigenvalue weighted by molar-refractivity contribution is 5.67. The molecule has 2 fully saturated rings. The molecule has 0 bridgehead atoms. The van der Waals surface area contributed by atoms with Gasteiger partial charge in [-0.2, -0.15) is 0 Å². The van der Waals surface area contributed by atoms with E-state index < -0.39 is 0 Å². The van der Waals surface area contributed by atoms with Crippen molar-refractivity contribution in [2.24, 2.45) is 5.92 Å². The first-order valence-electron chi connectivity index (χ1n) is 7.02. The lowest BCUT2D eigenvalue weighted by Crippen LogP contribution is -2.53. The van der Waals surface area contributed by atoms with Gasteiger partial charge in [-0.25, -0.2) is 4.79 Å². The lowest BCUT2D eigenvalue weighted by atomic mass is 10.1. The van der Waals surface area contributed by atoms with E-state index in [-0.39, 0.29) is 6.09 Å². The highest BCUT2D eigenvalue weighted by Gasteiger charge is 2.35. The second kappa shape index (κ2) is 5.61. The summed E-state index contributed by atoms with van der Waals surface area (Å²) < 4.78 is 5.38. The molecule has 1 saturated carbocycles. The molecule has 1 aliphatic carbocycles. The third-order valence-electron chi connectivity index (χ3n) is 3.86. The molecule has 0 spiro atoms. The average molecular weight is 260 g/mol. The fourth-order valence-electron chi connectivity index (χ4n) is 2.57. The number of nitrogens with zero attached hydrogens (tertiary/aromatic N) is 1. The Morgan fingerprint density at radius 1 is 1.32 bits per heavy atom. The lowest BCUT2D eigenvalue weighted by molar-refractivity contribution is 0.0832. The van der Waals surface area contributed by atoms with E-state index in [1.807, 2.05) is 35.2 Å². The standard InChI is InChI=1S/C15H20N2O2/c18-15(19-11-12-4-2-1-3-5-12)17-9-8-16-14(10-17)13-6-7-13/h1-5,13-14,16H,6-11H2. The summed E-state index contributed by atoms with van der Waals surface area (Å²) in [6.45, 7) is 2.77. The molecule has 19 heavy (non-hydrogen) atoms. The van der Waals surface area contributed by atoms with Crippen molar-refractivity contribution in [3.05, 3.63) is 35.9 Å². The molecule has 1 aliphatic heterocycles. The predicted molar refractivity (Wildman–Crippen MR) is 72.7 cm³/mol. The SMILES string of the molecule is O=C(OCc1ccccc1)N1CCNC(C2CC2)C1. The van der Waals surface area contributed by atoms with Crippen LogP contribution in [0.5, 0.6) is 0 Å². The Morgan fingerprint density at radius 3 is 2.84 bits per heavy atom. The minimum Gasteiger partial charge on any atom is -0.445 e. The van der Waals surface area contributed by atoms with Crippen molar-refractivity contribution < 1.29 is 9.53 Å². The zero-order valence-corrected chi connectivity index (χ0v) is 11.0. The van der Waals surface area contributed by atoms with E-state index >= 15 is 0 Å². The molecule has 1 atom stereocenters. The fraction of sp³-hybridized carbons (Fsp3) is 0.533. The number of hydrogen-bond acceptors (Lipinski definition) is 3. The van der Waals surface area contributed by atoms with E-state index in [0.717, 1.165) is 31.1 Å². The third-order valence-corrected chi connectivity index (χ3v) is 3.86. The lowest BCUT2D eigenvalue weighted by Gasteiger charge is -2.33. The van der Waals surface area contributed by atoms with Gasteiger partial charge >= 0.3 is 6.09 Å². The Balaban J connectivity index is 1.49. The van der Waals surface area contributed by atoms with Crippen LogP contribution in [0.25, 0.3) is 0 Å². The number of benzene rings is 1. The summed E-state index contributed by atoms with van der Waals surface area (Å²) >= 11 is 0. The summed E-state index contributed by atoms with van der Waals surface area (Å²) in [5, 5.41) is 3.49. The van der Waals surface area contributed by atoms with Gasteiger partial charge in [0, 0.05) is 25.7 Å². The van der Waals surface area contributed by atoms with Crippen LogP contribution in [-0.2, 0) is 11.3 Å². The average Bonchev–Trinajstić information content (AvgIpc) is 3.31. The maximum absolute atomic E-state index is 12.0. The second-order valence-corrected chi connectivity index (χ2v) is 5.38. The van der Waals surface area contributed by atoms with Gasteiger partial charge in [0.15, 0.2) is 0 Å². The molecule has 0 aromatic heterocycles. The van der Waals surface area contributed by atoms with Gasteiger partial charge in [-0.15, -0.1) is 0 Å². The molecule has 1 N–H and O–H groups in total. The molecule has 3 rings (SSSR count). The molecule has 1 amide bonds. The summed E-state index contributed by atoms with van der Waals surface area (Å²) in [6, 6.07) is 10.3. The number of ether oxygens (including phenoxy) is 1. The van der Waals surface area contributed by atoms with Crippen molar-refractivity contribution in [1.29, 1.82) is 0 Å². The van der Waals surface area contributed by atoms with E-state index in [2.05, 4.69) is 5.32 Å². The summed E-state index contributed by atoms with van der Waals surface area (Å²) in [7, 11) is 0. The van der Waals surface area contributed by atoms with E-state index in [1.165, 1.54) is 12.8 Å². The Kier molecular flexibility index (Phi) is 3.69. The normalized spacial score (nSPS) is 23.2. The minimum atomic E-state index is -0.184. The largest absolute Gasteiger partial charge is 0.445 e. The molecule has 4 heteroatoms.